The number of hydrogen-bond acceptors (Lipinski definition) is 4. The van der Waals surface area contributed by atoms with Gasteiger partial charge in [-0.1, -0.05) is 34.8 Å². The van der Waals surface area contributed by atoms with Crippen molar-refractivity contribution in [3.8, 4) is 0 Å². The van der Waals surface area contributed by atoms with Crippen LogP contribution in [-0.2, 0) is 21.4 Å². The molecule has 2 heterocycles. The van der Waals surface area contributed by atoms with Crippen LogP contribution in [-0.4, -0.2) is 38.6 Å². The lowest BCUT2D eigenvalue weighted by atomic mass is 10.0. The zero-order valence-electron chi connectivity index (χ0n) is 14.9. The SMILES string of the molecule is O=S(=O)(c1cc(Cl)ccc1Cl)N1CCC(N2COCc3cc(Cl)ccc32)CC1. The average molecular weight is 462 g/mol. The molecule has 28 heavy (non-hydrogen) atoms. The molecular formula is C19H19Cl3N2O3S. The van der Waals surface area contributed by atoms with Gasteiger partial charge in [-0.2, -0.15) is 4.31 Å². The maximum Gasteiger partial charge on any atom is 0.244 e. The van der Waals surface area contributed by atoms with E-state index >= 15 is 0 Å². The molecule has 0 atom stereocenters. The second kappa shape index (κ2) is 8.01. The standard InChI is InChI=1S/C19H19Cl3N2O3S/c20-14-2-4-18-13(9-14)11-27-12-24(18)16-5-7-23(8-6-16)28(25,26)19-10-15(21)1-3-17(19)22/h1-4,9-10,16H,5-8,11-12H2. The van der Waals surface area contributed by atoms with Gasteiger partial charge >= 0.3 is 0 Å². The number of ether oxygens (including phenoxy) is 1. The summed E-state index contributed by atoms with van der Waals surface area (Å²) in [6, 6.07) is 10.5. The van der Waals surface area contributed by atoms with Crippen LogP contribution in [0.25, 0.3) is 0 Å². The summed E-state index contributed by atoms with van der Waals surface area (Å²) in [5.74, 6) is 0. The summed E-state index contributed by atoms with van der Waals surface area (Å²) < 4.78 is 33.2. The Hall–Kier alpha value is -1.02. The predicted octanol–water partition coefficient (Wildman–Crippen LogP) is 4.79. The number of hydrogen-bond donors (Lipinski definition) is 0. The minimum atomic E-state index is -3.69. The van der Waals surface area contributed by atoms with Crippen molar-refractivity contribution >= 4 is 50.5 Å². The molecule has 150 valence electrons. The highest BCUT2D eigenvalue weighted by atomic mass is 35.5. The van der Waals surface area contributed by atoms with Gasteiger partial charge in [-0.05, 0) is 49.2 Å². The summed E-state index contributed by atoms with van der Waals surface area (Å²) in [6.45, 7) is 1.85. The van der Waals surface area contributed by atoms with Crippen molar-refractivity contribution in [2.75, 3.05) is 24.7 Å². The molecule has 2 aliphatic rings. The zero-order valence-corrected chi connectivity index (χ0v) is 18.0. The molecule has 0 aliphatic carbocycles. The topological polar surface area (TPSA) is 49.9 Å². The van der Waals surface area contributed by atoms with Crippen LogP contribution in [0.15, 0.2) is 41.3 Å². The highest BCUT2D eigenvalue weighted by molar-refractivity contribution is 7.89. The maximum absolute atomic E-state index is 13.0. The summed E-state index contributed by atoms with van der Waals surface area (Å²) >= 11 is 18.2. The molecule has 9 heteroatoms. The van der Waals surface area contributed by atoms with Gasteiger partial charge in [0.2, 0.25) is 10.0 Å². The van der Waals surface area contributed by atoms with Crippen molar-refractivity contribution in [3.63, 3.8) is 0 Å². The van der Waals surface area contributed by atoms with Crippen LogP contribution in [0.3, 0.4) is 0 Å². The molecule has 2 aliphatic heterocycles. The van der Waals surface area contributed by atoms with Crippen LogP contribution in [0.1, 0.15) is 18.4 Å². The Morgan fingerprint density at radius 3 is 2.39 bits per heavy atom. The molecular weight excluding hydrogens is 443 g/mol. The largest absolute Gasteiger partial charge is 0.356 e. The van der Waals surface area contributed by atoms with Crippen LogP contribution in [0, 0.1) is 0 Å². The number of nitrogens with zero attached hydrogens (tertiary/aromatic N) is 2. The Balaban J connectivity index is 1.51. The molecule has 0 spiro atoms. The van der Waals surface area contributed by atoms with Gasteiger partial charge in [-0.15, -0.1) is 0 Å². The van der Waals surface area contributed by atoms with E-state index in [0.29, 0.717) is 49.3 Å². The van der Waals surface area contributed by atoms with Crippen LogP contribution in [0.5, 0.6) is 0 Å². The van der Waals surface area contributed by atoms with Gasteiger partial charge in [0.05, 0.1) is 11.6 Å². The van der Waals surface area contributed by atoms with E-state index in [1.165, 1.54) is 16.4 Å². The van der Waals surface area contributed by atoms with E-state index in [1.54, 1.807) is 6.07 Å². The predicted molar refractivity (Wildman–Crippen MR) is 112 cm³/mol. The van der Waals surface area contributed by atoms with Crippen LogP contribution in [0.2, 0.25) is 15.1 Å². The number of halogens is 3. The monoisotopic (exact) mass is 460 g/mol. The Morgan fingerprint density at radius 1 is 0.964 bits per heavy atom. The highest BCUT2D eigenvalue weighted by Crippen LogP contribution is 2.34. The molecule has 4 rings (SSSR count). The maximum atomic E-state index is 13.0. The van der Waals surface area contributed by atoms with E-state index in [-0.39, 0.29) is 16.0 Å². The molecule has 0 bridgehead atoms. The van der Waals surface area contributed by atoms with Gasteiger partial charge < -0.3 is 9.64 Å². The van der Waals surface area contributed by atoms with Gasteiger partial charge in [0.15, 0.2) is 0 Å². The van der Waals surface area contributed by atoms with Gasteiger partial charge in [0.1, 0.15) is 11.6 Å². The molecule has 0 saturated carbocycles. The van der Waals surface area contributed by atoms with E-state index in [0.717, 1.165) is 11.3 Å². The van der Waals surface area contributed by atoms with E-state index < -0.39 is 10.0 Å². The minimum absolute atomic E-state index is 0.0569. The first-order chi connectivity index (χ1) is 13.4. The Kier molecular flexibility index (Phi) is 5.80. The van der Waals surface area contributed by atoms with Crippen molar-refractivity contribution in [1.82, 2.24) is 4.31 Å². The third-order valence-electron chi connectivity index (χ3n) is 5.21. The Bertz CT molecular complexity index is 992. The fraction of sp³-hybridized carbons (Fsp3) is 0.368. The smallest absolute Gasteiger partial charge is 0.244 e. The van der Waals surface area contributed by atoms with Crippen molar-refractivity contribution in [3.05, 3.63) is 57.0 Å². The van der Waals surface area contributed by atoms with Gasteiger partial charge in [-0.3, -0.25) is 0 Å². The molecule has 2 aromatic carbocycles. The number of fused-ring (bicyclic) bond motifs is 1. The zero-order chi connectivity index (χ0) is 19.9. The summed E-state index contributed by atoms with van der Waals surface area (Å²) in [5, 5.41) is 1.21. The lowest BCUT2D eigenvalue weighted by Crippen LogP contribution is -2.48. The van der Waals surface area contributed by atoms with E-state index in [1.807, 2.05) is 18.2 Å². The molecule has 0 N–H and O–H groups in total. The van der Waals surface area contributed by atoms with Crippen molar-refractivity contribution in [1.29, 1.82) is 0 Å². The second-order valence-corrected chi connectivity index (χ2v) is 10.1. The molecule has 1 saturated heterocycles. The Morgan fingerprint density at radius 2 is 1.64 bits per heavy atom. The van der Waals surface area contributed by atoms with Gasteiger partial charge in [0, 0.05) is 40.4 Å². The minimum Gasteiger partial charge on any atom is -0.356 e. The number of sulfonamides is 1. The lowest BCUT2D eigenvalue weighted by molar-refractivity contribution is 0.0988. The quantitative estimate of drug-likeness (QED) is 0.659. The summed E-state index contributed by atoms with van der Waals surface area (Å²) in [4.78, 5) is 2.26. The number of anilines is 1. The van der Waals surface area contributed by atoms with Crippen molar-refractivity contribution < 1.29 is 13.2 Å². The van der Waals surface area contributed by atoms with Crippen LogP contribution < -0.4 is 4.90 Å². The van der Waals surface area contributed by atoms with Crippen molar-refractivity contribution in [2.24, 2.45) is 0 Å². The molecule has 2 aromatic rings. The fourth-order valence-corrected chi connectivity index (χ4v) is 6.19. The first kappa shape index (κ1) is 20.3. The fourth-order valence-electron chi connectivity index (χ4n) is 3.78. The molecule has 0 radical (unpaired) electrons. The van der Waals surface area contributed by atoms with Gasteiger partial charge in [0.25, 0.3) is 0 Å². The number of piperidine rings is 1. The number of benzene rings is 2. The first-order valence-electron chi connectivity index (χ1n) is 8.94. The van der Waals surface area contributed by atoms with E-state index in [4.69, 9.17) is 39.5 Å². The molecule has 0 amide bonds. The number of rotatable bonds is 3. The average Bonchev–Trinajstić information content (AvgIpc) is 2.69. The Labute approximate surface area is 179 Å². The van der Waals surface area contributed by atoms with Crippen LogP contribution >= 0.6 is 34.8 Å². The summed E-state index contributed by atoms with van der Waals surface area (Å²) in [7, 11) is -3.69. The van der Waals surface area contributed by atoms with Gasteiger partial charge in [-0.25, -0.2) is 8.42 Å². The lowest BCUT2D eigenvalue weighted by Gasteiger charge is -2.41. The van der Waals surface area contributed by atoms with E-state index in [2.05, 4.69) is 4.90 Å². The summed E-state index contributed by atoms with van der Waals surface area (Å²) in [5.41, 5.74) is 2.16. The third kappa shape index (κ3) is 3.86. The highest BCUT2D eigenvalue weighted by Gasteiger charge is 2.34. The molecule has 5 nitrogen and oxygen atoms in total. The normalized spacial score (nSPS) is 18.9. The second-order valence-electron chi connectivity index (χ2n) is 6.93. The molecule has 1 fully saturated rings. The molecule has 0 aromatic heterocycles. The first-order valence-corrected chi connectivity index (χ1v) is 11.5. The van der Waals surface area contributed by atoms with E-state index in [9.17, 15) is 8.42 Å². The third-order valence-corrected chi connectivity index (χ3v) is 8.06. The summed E-state index contributed by atoms with van der Waals surface area (Å²) in [6.07, 6.45) is 1.39. The van der Waals surface area contributed by atoms with Crippen LogP contribution in [0.4, 0.5) is 5.69 Å². The molecule has 0 unspecified atom stereocenters. The van der Waals surface area contributed by atoms with Crippen molar-refractivity contribution in [2.45, 2.75) is 30.4 Å².